The van der Waals surface area contributed by atoms with E-state index < -0.39 is 17.1 Å². The Morgan fingerprint density at radius 2 is 0.636 bits per heavy atom. The van der Waals surface area contributed by atoms with E-state index in [1.165, 1.54) is 25.7 Å². The molecule has 0 saturated carbocycles. The number of allylic oxidation sites excluding steroid dienone is 16. The molecule has 0 aromatic carbocycles. The van der Waals surface area contributed by atoms with Crippen LogP contribution in [0.15, 0.2) is 86.1 Å². The van der Waals surface area contributed by atoms with Crippen LogP contribution < -0.4 is 0 Å². The van der Waals surface area contributed by atoms with E-state index in [1.54, 1.807) is 22.3 Å². The average molecular weight is 610 g/mol. The van der Waals surface area contributed by atoms with Crippen molar-refractivity contribution < 1.29 is 17.1 Å². The molecule has 177 valence electrons. The number of hydrogen-bond acceptors (Lipinski definition) is 0. The van der Waals surface area contributed by atoms with Gasteiger partial charge in [0.25, 0.3) is 0 Å². The van der Waals surface area contributed by atoms with Gasteiger partial charge in [0.1, 0.15) is 0 Å². The minimum atomic E-state index is -3.51. The SMILES string of the molecule is CC(C)C1=[C]([Ta]([C]2=C(C(C)C)C=CC2)([C]2=C(C(C)C)C=CC2)[C]2=C(C(C)C)C=CC2)CC=C1. The van der Waals surface area contributed by atoms with Crippen LogP contribution in [0.3, 0.4) is 0 Å². The fourth-order valence-corrected chi connectivity index (χ4v) is 29.3. The van der Waals surface area contributed by atoms with Crippen molar-refractivity contribution in [2.24, 2.45) is 23.7 Å². The maximum atomic E-state index is 2.50. The molecule has 0 nitrogen and oxygen atoms in total. The third-order valence-electron chi connectivity index (χ3n) is 7.87. The first-order valence-corrected chi connectivity index (χ1v) is 19.6. The Kier molecular flexibility index (Phi) is 7.30. The topological polar surface area (TPSA) is 0 Å². The van der Waals surface area contributed by atoms with Gasteiger partial charge in [-0.1, -0.05) is 0 Å². The molecule has 0 heterocycles. The van der Waals surface area contributed by atoms with E-state index in [0.717, 1.165) is 0 Å². The molecule has 0 saturated heterocycles. The Balaban J connectivity index is 2.18. The van der Waals surface area contributed by atoms with E-state index in [1.807, 2.05) is 15.2 Å². The van der Waals surface area contributed by atoms with Crippen molar-refractivity contribution in [3.8, 4) is 0 Å². The van der Waals surface area contributed by atoms with Crippen molar-refractivity contribution in [2.75, 3.05) is 0 Å². The van der Waals surface area contributed by atoms with E-state index in [-0.39, 0.29) is 0 Å². The van der Waals surface area contributed by atoms with Gasteiger partial charge in [-0.2, -0.15) is 0 Å². The van der Waals surface area contributed by atoms with Gasteiger partial charge in [-0.25, -0.2) is 0 Å². The van der Waals surface area contributed by atoms with Gasteiger partial charge in [-0.3, -0.25) is 0 Å². The van der Waals surface area contributed by atoms with Gasteiger partial charge in [0.15, 0.2) is 0 Å². The molecule has 4 aliphatic rings. The summed E-state index contributed by atoms with van der Waals surface area (Å²) in [6.07, 6.45) is 24.7. The summed E-state index contributed by atoms with van der Waals surface area (Å²) in [4.78, 5) is 0. The summed E-state index contributed by atoms with van der Waals surface area (Å²) in [6, 6.07) is 0. The molecule has 0 amide bonds. The van der Waals surface area contributed by atoms with Crippen LogP contribution in [-0.2, 0) is 17.1 Å². The molecule has 0 fully saturated rings. The van der Waals surface area contributed by atoms with Gasteiger partial charge in [-0.15, -0.1) is 0 Å². The predicted octanol–water partition coefficient (Wildman–Crippen LogP) is 9.62. The van der Waals surface area contributed by atoms with Crippen LogP contribution in [0.1, 0.15) is 81.1 Å². The third-order valence-corrected chi connectivity index (χ3v) is 25.8. The molecular weight excluding hydrogens is 565 g/mol. The third kappa shape index (κ3) is 4.07. The molecule has 4 rings (SSSR count). The van der Waals surface area contributed by atoms with E-state index in [9.17, 15) is 0 Å². The summed E-state index contributed by atoms with van der Waals surface area (Å²) in [5.74, 6) is 2.35. The van der Waals surface area contributed by atoms with E-state index in [2.05, 4.69) is 104 Å². The molecule has 0 aromatic rings. The zero-order chi connectivity index (χ0) is 23.9. The molecule has 0 radical (unpaired) electrons. The van der Waals surface area contributed by atoms with Crippen LogP contribution >= 0.6 is 0 Å². The van der Waals surface area contributed by atoms with Crippen molar-refractivity contribution in [3.63, 3.8) is 0 Å². The summed E-state index contributed by atoms with van der Waals surface area (Å²) in [5.41, 5.74) is 6.67. The summed E-state index contributed by atoms with van der Waals surface area (Å²) >= 11 is -3.51. The van der Waals surface area contributed by atoms with E-state index in [0.29, 0.717) is 23.7 Å². The molecule has 33 heavy (non-hydrogen) atoms. The molecule has 0 aliphatic heterocycles. The van der Waals surface area contributed by atoms with Crippen molar-refractivity contribution in [1.82, 2.24) is 0 Å². The van der Waals surface area contributed by atoms with Gasteiger partial charge in [0.2, 0.25) is 0 Å². The Bertz CT molecular complexity index is 880. The Labute approximate surface area is 207 Å². The second-order valence-electron chi connectivity index (χ2n) is 11.3. The zero-order valence-corrected chi connectivity index (χ0v) is 25.4. The molecule has 4 aliphatic carbocycles. The van der Waals surface area contributed by atoms with Crippen molar-refractivity contribution in [2.45, 2.75) is 81.1 Å². The van der Waals surface area contributed by atoms with Crippen molar-refractivity contribution >= 4 is 0 Å². The van der Waals surface area contributed by atoms with Crippen molar-refractivity contribution in [3.05, 3.63) is 86.1 Å². The first-order valence-electron chi connectivity index (χ1n) is 13.2. The molecule has 0 unspecified atom stereocenters. The van der Waals surface area contributed by atoms with E-state index >= 15 is 0 Å². The molecule has 0 aromatic heterocycles. The van der Waals surface area contributed by atoms with Gasteiger partial charge in [0.05, 0.1) is 0 Å². The molecule has 0 atom stereocenters. The number of rotatable bonds is 8. The second kappa shape index (κ2) is 9.73. The molecule has 0 spiro atoms. The Morgan fingerprint density at radius 3 is 0.818 bits per heavy atom. The summed E-state index contributed by atoms with van der Waals surface area (Å²) < 4.78 is 7.54. The first kappa shape index (κ1) is 24.8. The summed E-state index contributed by atoms with van der Waals surface area (Å²) in [7, 11) is 0. The fraction of sp³-hybridized carbons (Fsp3) is 0.500. The van der Waals surface area contributed by atoms with Crippen LogP contribution in [0.2, 0.25) is 0 Å². The van der Waals surface area contributed by atoms with Gasteiger partial charge in [-0.05, 0) is 0 Å². The summed E-state index contributed by atoms with van der Waals surface area (Å²) in [6.45, 7) is 19.4. The summed E-state index contributed by atoms with van der Waals surface area (Å²) in [5, 5.41) is 0. The Hall–Kier alpha value is -1.34. The molecule has 1 heteroatoms. The van der Waals surface area contributed by atoms with Gasteiger partial charge in [0, 0.05) is 0 Å². The maximum absolute atomic E-state index is 3.51. The fourth-order valence-electron chi connectivity index (χ4n) is 6.45. The standard InChI is InChI=1S/4C8H11.Ta/c4*1-7(2)8-5-3-4-6-8;/h4*3,5,7H,4H2,1-2H3;. The van der Waals surface area contributed by atoms with Crippen molar-refractivity contribution in [1.29, 1.82) is 0 Å². The monoisotopic (exact) mass is 609 g/mol. The quantitative estimate of drug-likeness (QED) is 0.257. The van der Waals surface area contributed by atoms with Gasteiger partial charge < -0.3 is 0 Å². The molecular formula is C32H44Ta. The second-order valence-corrected chi connectivity index (χ2v) is 23.9. The van der Waals surface area contributed by atoms with Crippen LogP contribution in [0.25, 0.3) is 0 Å². The van der Waals surface area contributed by atoms with Crippen LogP contribution in [0.5, 0.6) is 0 Å². The number of hydrogen-bond donors (Lipinski definition) is 0. The van der Waals surface area contributed by atoms with Crippen LogP contribution in [-0.4, -0.2) is 0 Å². The zero-order valence-electron chi connectivity index (χ0n) is 22.2. The predicted molar refractivity (Wildman–Crippen MR) is 142 cm³/mol. The normalized spacial score (nSPS) is 21.0. The van der Waals surface area contributed by atoms with Crippen LogP contribution in [0, 0.1) is 23.7 Å². The first-order chi connectivity index (χ1) is 15.7. The van der Waals surface area contributed by atoms with Crippen LogP contribution in [0.4, 0.5) is 0 Å². The van der Waals surface area contributed by atoms with Gasteiger partial charge >= 0.3 is 208 Å². The molecule has 0 N–H and O–H groups in total. The molecule has 0 bridgehead atoms. The van der Waals surface area contributed by atoms with E-state index in [4.69, 9.17) is 0 Å². The minimum absolute atomic E-state index is 0.587. The Morgan fingerprint density at radius 1 is 0.424 bits per heavy atom. The average Bonchev–Trinajstić information content (AvgIpc) is 3.54.